The molecule has 0 bridgehead atoms. The first-order chi connectivity index (χ1) is 10.2. The van der Waals surface area contributed by atoms with Gasteiger partial charge in [-0.3, -0.25) is 4.79 Å². The number of aliphatic hydroxyl groups is 1. The Morgan fingerprint density at radius 3 is 2.41 bits per heavy atom. The second-order valence-corrected chi connectivity index (χ2v) is 6.83. The summed E-state index contributed by atoms with van der Waals surface area (Å²) in [7, 11) is 3.16. The van der Waals surface area contributed by atoms with Crippen molar-refractivity contribution in [3.05, 3.63) is 23.3 Å². The molecule has 0 saturated carbocycles. The van der Waals surface area contributed by atoms with Gasteiger partial charge in [0.25, 0.3) is 0 Å². The van der Waals surface area contributed by atoms with E-state index in [0.717, 1.165) is 17.5 Å². The Kier molecular flexibility index (Phi) is 4.38. The molecule has 5 nitrogen and oxygen atoms in total. The molecule has 1 aromatic carbocycles. The van der Waals surface area contributed by atoms with Crippen LogP contribution in [0.4, 0.5) is 0 Å². The Balaban J connectivity index is 2.24. The summed E-state index contributed by atoms with van der Waals surface area (Å²) in [6.45, 7) is 5.75. The summed E-state index contributed by atoms with van der Waals surface area (Å²) in [4.78, 5) is 12.0. The maximum atomic E-state index is 12.0. The Morgan fingerprint density at radius 1 is 1.27 bits per heavy atom. The molecular weight excluding hydrogens is 282 g/mol. The second-order valence-electron chi connectivity index (χ2n) is 6.83. The van der Waals surface area contributed by atoms with Crippen molar-refractivity contribution >= 4 is 5.91 Å². The molecule has 1 aliphatic carbocycles. The molecule has 0 aromatic heterocycles. The van der Waals surface area contributed by atoms with Gasteiger partial charge in [-0.1, -0.05) is 20.8 Å². The van der Waals surface area contributed by atoms with Gasteiger partial charge in [-0.25, -0.2) is 0 Å². The van der Waals surface area contributed by atoms with Gasteiger partial charge in [0, 0.05) is 5.41 Å². The highest BCUT2D eigenvalue weighted by Crippen LogP contribution is 2.42. The number of nitrogens with one attached hydrogen (secondary N) is 1. The van der Waals surface area contributed by atoms with E-state index in [0.29, 0.717) is 17.9 Å². The third kappa shape index (κ3) is 3.04. The number of benzene rings is 1. The van der Waals surface area contributed by atoms with Gasteiger partial charge in [-0.15, -0.1) is 0 Å². The number of aryl methyl sites for hydroxylation is 1. The van der Waals surface area contributed by atoms with Crippen molar-refractivity contribution in [3.63, 3.8) is 0 Å². The number of amides is 1. The average Bonchev–Trinajstić information content (AvgIpc) is 2.79. The fourth-order valence-corrected chi connectivity index (χ4v) is 2.71. The van der Waals surface area contributed by atoms with Crippen molar-refractivity contribution in [1.82, 2.24) is 5.32 Å². The highest BCUT2D eigenvalue weighted by molar-refractivity contribution is 5.81. The zero-order valence-electron chi connectivity index (χ0n) is 13.9. The number of rotatable bonds is 4. The van der Waals surface area contributed by atoms with E-state index >= 15 is 0 Å². The average molecular weight is 307 g/mol. The first-order valence-corrected chi connectivity index (χ1v) is 7.47. The molecule has 2 N–H and O–H groups in total. The molecule has 0 saturated heterocycles. The Morgan fingerprint density at radius 2 is 1.86 bits per heavy atom. The fraction of sp³-hybridized carbons (Fsp3) is 0.588. The van der Waals surface area contributed by atoms with E-state index in [1.54, 1.807) is 14.2 Å². The van der Waals surface area contributed by atoms with Crippen LogP contribution >= 0.6 is 0 Å². The van der Waals surface area contributed by atoms with Gasteiger partial charge in [-0.05, 0) is 36.1 Å². The molecule has 0 radical (unpaired) electrons. The van der Waals surface area contributed by atoms with E-state index in [1.165, 1.54) is 0 Å². The van der Waals surface area contributed by atoms with E-state index in [4.69, 9.17) is 9.47 Å². The minimum absolute atomic E-state index is 0.0742. The smallest absolute Gasteiger partial charge is 0.225 e. The summed E-state index contributed by atoms with van der Waals surface area (Å²) in [5.74, 6) is 1.17. The van der Waals surface area contributed by atoms with Crippen LogP contribution in [-0.4, -0.2) is 31.8 Å². The van der Waals surface area contributed by atoms with Crippen LogP contribution in [0.5, 0.6) is 11.5 Å². The highest BCUT2D eigenvalue weighted by Gasteiger charge is 2.38. The first kappa shape index (κ1) is 16.6. The van der Waals surface area contributed by atoms with Crippen molar-refractivity contribution in [2.75, 3.05) is 20.8 Å². The lowest BCUT2D eigenvalue weighted by Gasteiger charge is -2.27. The summed E-state index contributed by atoms with van der Waals surface area (Å²) in [5, 5.41) is 13.8. The molecule has 0 aliphatic heterocycles. The number of ether oxygens (including phenoxy) is 2. The van der Waals surface area contributed by atoms with Gasteiger partial charge in [0.15, 0.2) is 11.5 Å². The largest absolute Gasteiger partial charge is 0.493 e. The predicted octanol–water partition coefficient (Wildman–Crippen LogP) is 2.00. The molecular formula is C17H25NO4. The molecule has 1 aliphatic rings. The van der Waals surface area contributed by atoms with Gasteiger partial charge >= 0.3 is 0 Å². The van der Waals surface area contributed by atoms with E-state index < -0.39 is 11.0 Å². The molecule has 1 unspecified atom stereocenters. The number of carbonyl (C=O) groups is 1. The maximum Gasteiger partial charge on any atom is 0.225 e. The molecule has 5 heteroatoms. The summed E-state index contributed by atoms with van der Waals surface area (Å²) < 4.78 is 10.6. The van der Waals surface area contributed by atoms with Crippen molar-refractivity contribution in [3.8, 4) is 11.5 Å². The Labute approximate surface area is 131 Å². The van der Waals surface area contributed by atoms with E-state index in [-0.39, 0.29) is 12.5 Å². The molecule has 2 rings (SSSR count). The number of fused-ring (bicyclic) bond motifs is 1. The number of hydrogen-bond donors (Lipinski definition) is 2. The van der Waals surface area contributed by atoms with Gasteiger partial charge in [-0.2, -0.15) is 0 Å². The van der Waals surface area contributed by atoms with Gasteiger partial charge < -0.3 is 19.9 Å². The van der Waals surface area contributed by atoms with Crippen LogP contribution in [0.3, 0.4) is 0 Å². The molecule has 1 atom stereocenters. The first-order valence-electron chi connectivity index (χ1n) is 7.47. The van der Waals surface area contributed by atoms with Crippen LogP contribution in [-0.2, 0) is 16.8 Å². The molecule has 0 heterocycles. The molecule has 0 fully saturated rings. The normalized spacial score (nSPS) is 20.5. The van der Waals surface area contributed by atoms with Crippen molar-refractivity contribution in [2.45, 2.75) is 39.2 Å². The summed E-state index contributed by atoms with van der Waals surface area (Å²) in [5.41, 5.74) is 0.301. The monoisotopic (exact) mass is 307 g/mol. The number of hydrogen-bond acceptors (Lipinski definition) is 4. The van der Waals surface area contributed by atoms with E-state index in [9.17, 15) is 9.90 Å². The highest BCUT2D eigenvalue weighted by atomic mass is 16.5. The Bertz CT molecular complexity index is 577. The summed E-state index contributed by atoms with van der Waals surface area (Å²) in [6, 6.07) is 3.71. The number of methoxy groups -OCH3 is 2. The second kappa shape index (κ2) is 5.80. The topological polar surface area (TPSA) is 67.8 Å². The molecule has 22 heavy (non-hydrogen) atoms. The lowest BCUT2D eigenvalue weighted by atomic mass is 9.92. The van der Waals surface area contributed by atoms with Crippen LogP contribution in [0.2, 0.25) is 0 Å². The van der Waals surface area contributed by atoms with E-state index in [2.05, 4.69) is 5.32 Å². The quantitative estimate of drug-likeness (QED) is 0.893. The molecule has 1 amide bonds. The minimum Gasteiger partial charge on any atom is -0.493 e. The van der Waals surface area contributed by atoms with Crippen LogP contribution in [0.15, 0.2) is 12.1 Å². The lowest BCUT2D eigenvalue weighted by molar-refractivity contribution is -0.129. The zero-order chi connectivity index (χ0) is 16.5. The molecule has 1 aromatic rings. The third-order valence-corrected chi connectivity index (χ3v) is 4.14. The SMILES string of the molecule is COc1cc2c(cc1OC)C(O)(CNC(=O)C(C)(C)C)CC2. The van der Waals surface area contributed by atoms with Crippen LogP contribution in [0.1, 0.15) is 38.3 Å². The standard InChI is InChI=1S/C17H25NO4/c1-16(2,3)15(19)18-10-17(20)7-6-11-8-13(21-4)14(22-5)9-12(11)17/h8-9,20H,6-7,10H2,1-5H3,(H,18,19). The van der Waals surface area contributed by atoms with Crippen molar-refractivity contribution in [2.24, 2.45) is 5.41 Å². The molecule has 122 valence electrons. The summed E-state index contributed by atoms with van der Waals surface area (Å²) in [6.07, 6.45) is 1.32. The van der Waals surface area contributed by atoms with Crippen LogP contribution in [0.25, 0.3) is 0 Å². The van der Waals surface area contributed by atoms with E-state index in [1.807, 2.05) is 32.9 Å². The van der Waals surface area contributed by atoms with Crippen molar-refractivity contribution in [1.29, 1.82) is 0 Å². The fourth-order valence-electron chi connectivity index (χ4n) is 2.71. The Hall–Kier alpha value is -1.75. The van der Waals surface area contributed by atoms with Crippen molar-refractivity contribution < 1.29 is 19.4 Å². The van der Waals surface area contributed by atoms with Crippen LogP contribution < -0.4 is 14.8 Å². The molecule has 0 spiro atoms. The minimum atomic E-state index is -1.06. The third-order valence-electron chi connectivity index (χ3n) is 4.14. The lowest BCUT2D eigenvalue weighted by Crippen LogP contribution is -2.43. The zero-order valence-corrected chi connectivity index (χ0v) is 13.9. The van der Waals surface area contributed by atoms with Gasteiger partial charge in [0.2, 0.25) is 5.91 Å². The van der Waals surface area contributed by atoms with Gasteiger partial charge in [0.05, 0.1) is 20.8 Å². The van der Waals surface area contributed by atoms with Crippen LogP contribution in [0, 0.1) is 5.41 Å². The maximum absolute atomic E-state index is 12.0. The predicted molar refractivity (Wildman–Crippen MR) is 84.2 cm³/mol. The number of carbonyl (C=O) groups excluding carboxylic acids is 1. The van der Waals surface area contributed by atoms with Gasteiger partial charge in [0.1, 0.15) is 5.60 Å². The summed E-state index contributed by atoms with van der Waals surface area (Å²) >= 11 is 0.